The zero-order valence-corrected chi connectivity index (χ0v) is 12.2. The summed E-state index contributed by atoms with van der Waals surface area (Å²) in [6.45, 7) is 0. The molecule has 0 saturated heterocycles. The molecule has 100 valence electrons. The monoisotopic (exact) mass is 294 g/mol. The average molecular weight is 295 g/mol. The Balaban J connectivity index is 1.88. The molecule has 2 aliphatic carbocycles. The number of alkyl halides is 1. The molecule has 4 rings (SSSR count). The van der Waals surface area contributed by atoms with Gasteiger partial charge in [0.2, 0.25) is 0 Å². The average Bonchev–Trinajstić information content (AvgIpc) is 3.09. The molecular weight excluding hydrogens is 279 g/mol. The van der Waals surface area contributed by atoms with Crippen molar-refractivity contribution in [3.8, 4) is 0 Å². The number of halogens is 2. The van der Waals surface area contributed by atoms with Crippen LogP contribution in [0.15, 0.2) is 18.2 Å². The van der Waals surface area contributed by atoms with Gasteiger partial charge in [0.15, 0.2) is 0 Å². The van der Waals surface area contributed by atoms with Gasteiger partial charge in [0.05, 0.1) is 16.9 Å². The fourth-order valence-electron chi connectivity index (χ4n) is 4.11. The fourth-order valence-corrected chi connectivity index (χ4v) is 4.47. The molecule has 1 aromatic carbocycles. The molecule has 1 heterocycles. The molecule has 1 aromatic heterocycles. The van der Waals surface area contributed by atoms with Crippen LogP contribution in [-0.2, 0) is 5.88 Å². The Morgan fingerprint density at radius 3 is 2.84 bits per heavy atom. The maximum absolute atomic E-state index is 6.11. The molecule has 2 nitrogen and oxygen atoms in total. The second kappa shape index (κ2) is 4.39. The number of nitrogens with zero attached hydrogens (tertiary/aromatic N) is 2. The van der Waals surface area contributed by atoms with Crippen LogP contribution in [0.5, 0.6) is 0 Å². The van der Waals surface area contributed by atoms with E-state index in [1.165, 1.54) is 31.2 Å². The van der Waals surface area contributed by atoms with Gasteiger partial charge >= 0.3 is 0 Å². The summed E-state index contributed by atoms with van der Waals surface area (Å²) < 4.78 is 2.39. The first-order valence-electron chi connectivity index (χ1n) is 6.98. The highest BCUT2D eigenvalue weighted by Crippen LogP contribution is 2.51. The molecule has 2 bridgehead atoms. The molecule has 4 heteroatoms. The SMILES string of the molecule is ClCc1nc2cc(Cl)ccc2n1C1CC2CCC1C2. The van der Waals surface area contributed by atoms with Gasteiger partial charge in [-0.3, -0.25) is 0 Å². The predicted octanol–water partition coefficient (Wildman–Crippen LogP) is 4.79. The predicted molar refractivity (Wildman–Crippen MR) is 78.8 cm³/mol. The molecule has 2 aromatic rings. The van der Waals surface area contributed by atoms with Crippen LogP contribution >= 0.6 is 23.2 Å². The highest BCUT2D eigenvalue weighted by Gasteiger charge is 2.41. The molecule has 2 fully saturated rings. The number of hydrogen-bond donors (Lipinski definition) is 0. The van der Waals surface area contributed by atoms with E-state index >= 15 is 0 Å². The number of rotatable bonds is 2. The molecule has 0 aliphatic heterocycles. The van der Waals surface area contributed by atoms with Gasteiger partial charge < -0.3 is 4.57 Å². The lowest BCUT2D eigenvalue weighted by molar-refractivity contribution is 0.331. The molecule has 0 N–H and O–H groups in total. The molecule has 0 amide bonds. The van der Waals surface area contributed by atoms with Crippen molar-refractivity contribution in [2.24, 2.45) is 11.8 Å². The van der Waals surface area contributed by atoms with E-state index in [2.05, 4.69) is 15.6 Å². The molecule has 3 atom stereocenters. The standard InChI is InChI=1S/C15H16Cl2N2/c16-8-15-18-12-7-11(17)3-4-13(12)19(15)14-6-9-1-2-10(14)5-9/h3-4,7,9-10,14H,1-2,5-6,8H2. The summed E-state index contributed by atoms with van der Waals surface area (Å²) in [5, 5.41) is 0.742. The van der Waals surface area contributed by atoms with Crippen LogP contribution in [0.1, 0.15) is 37.5 Å². The van der Waals surface area contributed by atoms with Gasteiger partial charge in [0.1, 0.15) is 5.82 Å². The minimum absolute atomic E-state index is 0.472. The van der Waals surface area contributed by atoms with Gasteiger partial charge in [-0.2, -0.15) is 0 Å². The topological polar surface area (TPSA) is 17.8 Å². The zero-order chi connectivity index (χ0) is 13.0. The van der Waals surface area contributed by atoms with Gasteiger partial charge in [-0.1, -0.05) is 18.0 Å². The molecule has 2 aliphatic rings. The van der Waals surface area contributed by atoms with Crippen molar-refractivity contribution in [1.82, 2.24) is 9.55 Å². The van der Waals surface area contributed by atoms with Crippen LogP contribution in [0.2, 0.25) is 5.02 Å². The van der Waals surface area contributed by atoms with Crippen LogP contribution in [0.25, 0.3) is 11.0 Å². The van der Waals surface area contributed by atoms with Crippen molar-refractivity contribution in [3.63, 3.8) is 0 Å². The van der Waals surface area contributed by atoms with E-state index in [0.717, 1.165) is 28.2 Å². The molecule has 3 unspecified atom stereocenters. The second-order valence-electron chi connectivity index (χ2n) is 5.91. The first kappa shape index (κ1) is 12.0. The Morgan fingerprint density at radius 2 is 2.16 bits per heavy atom. The van der Waals surface area contributed by atoms with Crippen molar-refractivity contribution in [3.05, 3.63) is 29.0 Å². The molecule has 0 spiro atoms. The summed E-state index contributed by atoms with van der Waals surface area (Å²) in [4.78, 5) is 4.67. The van der Waals surface area contributed by atoms with Gasteiger partial charge in [-0.05, 0) is 49.3 Å². The van der Waals surface area contributed by atoms with Gasteiger partial charge in [0.25, 0.3) is 0 Å². The van der Waals surface area contributed by atoms with Crippen molar-refractivity contribution in [2.45, 2.75) is 37.6 Å². The van der Waals surface area contributed by atoms with E-state index in [0.29, 0.717) is 11.9 Å². The minimum Gasteiger partial charge on any atom is -0.324 e. The summed E-state index contributed by atoms with van der Waals surface area (Å²) >= 11 is 12.2. The number of imidazole rings is 1. The summed E-state index contributed by atoms with van der Waals surface area (Å²) in [5.74, 6) is 3.21. The van der Waals surface area contributed by atoms with Crippen LogP contribution in [-0.4, -0.2) is 9.55 Å². The number of hydrogen-bond acceptors (Lipinski definition) is 1. The summed E-state index contributed by atoms with van der Waals surface area (Å²) in [7, 11) is 0. The Hall–Kier alpha value is -0.730. The van der Waals surface area contributed by atoms with E-state index in [-0.39, 0.29) is 0 Å². The molecule has 19 heavy (non-hydrogen) atoms. The van der Waals surface area contributed by atoms with Crippen LogP contribution < -0.4 is 0 Å². The quantitative estimate of drug-likeness (QED) is 0.728. The number of fused-ring (bicyclic) bond motifs is 3. The largest absolute Gasteiger partial charge is 0.324 e. The first-order valence-corrected chi connectivity index (χ1v) is 7.90. The van der Waals surface area contributed by atoms with Crippen molar-refractivity contribution < 1.29 is 0 Å². The summed E-state index contributed by atoms with van der Waals surface area (Å²) in [5.41, 5.74) is 2.17. The van der Waals surface area contributed by atoms with E-state index in [1.807, 2.05) is 12.1 Å². The second-order valence-corrected chi connectivity index (χ2v) is 6.61. The van der Waals surface area contributed by atoms with Crippen LogP contribution in [0, 0.1) is 11.8 Å². The lowest BCUT2D eigenvalue weighted by Crippen LogP contribution is -2.18. The maximum Gasteiger partial charge on any atom is 0.125 e. The Morgan fingerprint density at radius 1 is 1.26 bits per heavy atom. The molecule has 2 saturated carbocycles. The third-order valence-corrected chi connectivity index (χ3v) is 5.35. The number of aromatic nitrogens is 2. The smallest absolute Gasteiger partial charge is 0.125 e. The lowest BCUT2D eigenvalue weighted by atomic mass is 9.95. The Kier molecular flexibility index (Phi) is 2.78. The normalized spacial score (nSPS) is 29.5. The molecular formula is C15H16Cl2N2. The van der Waals surface area contributed by atoms with E-state index < -0.39 is 0 Å². The minimum atomic E-state index is 0.472. The van der Waals surface area contributed by atoms with E-state index in [1.54, 1.807) is 0 Å². The summed E-state index contributed by atoms with van der Waals surface area (Å²) in [6.07, 6.45) is 5.46. The highest BCUT2D eigenvalue weighted by atomic mass is 35.5. The third-order valence-electron chi connectivity index (χ3n) is 4.88. The zero-order valence-electron chi connectivity index (χ0n) is 10.6. The van der Waals surface area contributed by atoms with Crippen molar-refractivity contribution in [2.75, 3.05) is 0 Å². The number of benzene rings is 1. The fraction of sp³-hybridized carbons (Fsp3) is 0.533. The van der Waals surface area contributed by atoms with Gasteiger partial charge in [0, 0.05) is 11.1 Å². The van der Waals surface area contributed by atoms with Crippen LogP contribution in [0.3, 0.4) is 0 Å². The maximum atomic E-state index is 6.11. The Bertz CT molecular complexity index is 634. The first-order chi connectivity index (χ1) is 9.26. The van der Waals surface area contributed by atoms with Crippen molar-refractivity contribution in [1.29, 1.82) is 0 Å². The van der Waals surface area contributed by atoms with E-state index in [9.17, 15) is 0 Å². The lowest BCUT2D eigenvalue weighted by Gasteiger charge is -2.25. The van der Waals surface area contributed by atoms with Crippen molar-refractivity contribution >= 4 is 34.2 Å². The molecule has 0 radical (unpaired) electrons. The van der Waals surface area contributed by atoms with Gasteiger partial charge in [-0.15, -0.1) is 11.6 Å². The third kappa shape index (κ3) is 1.80. The van der Waals surface area contributed by atoms with Crippen LogP contribution in [0.4, 0.5) is 0 Å². The Labute approximate surface area is 122 Å². The highest BCUT2D eigenvalue weighted by molar-refractivity contribution is 6.31. The van der Waals surface area contributed by atoms with Gasteiger partial charge in [-0.25, -0.2) is 4.98 Å². The van der Waals surface area contributed by atoms with E-state index in [4.69, 9.17) is 23.2 Å². The summed E-state index contributed by atoms with van der Waals surface area (Å²) in [6, 6.07) is 6.58.